The largest absolute Gasteiger partial charge is 0.396 e. The van der Waals surface area contributed by atoms with Crippen LogP contribution in [0.5, 0.6) is 0 Å². The van der Waals surface area contributed by atoms with Crippen LogP contribution < -0.4 is 11.1 Å². The average molecular weight is 250 g/mol. The van der Waals surface area contributed by atoms with Crippen molar-refractivity contribution < 1.29 is 4.79 Å². The second kappa shape index (κ2) is 3.73. The lowest BCUT2D eigenvalue weighted by atomic mass is 10.0. The number of nitrogens with zero attached hydrogens (tertiary/aromatic N) is 2. The van der Waals surface area contributed by atoms with Crippen LogP contribution in [0.1, 0.15) is 45.1 Å². The van der Waals surface area contributed by atoms with Crippen molar-refractivity contribution >= 4 is 11.6 Å². The first kappa shape index (κ1) is 12.9. The second-order valence-electron chi connectivity index (χ2n) is 6.14. The van der Waals surface area contributed by atoms with Crippen molar-refractivity contribution in [1.82, 2.24) is 15.1 Å². The minimum atomic E-state index is -0.177. The molecule has 3 N–H and O–H groups in total. The SMILES string of the molecule is CCn1cc(N)c(C(=O)NC2C(C)(C)C2(C)C)n1. The van der Waals surface area contributed by atoms with E-state index in [-0.39, 0.29) is 22.8 Å². The van der Waals surface area contributed by atoms with E-state index in [1.54, 1.807) is 10.9 Å². The van der Waals surface area contributed by atoms with Crippen molar-refractivity contribution in [2.24, 2.45) is 10.8 Å². The quantitative estimate of drug-likeness (QED) is 0.856. The van der Waals surface area contributed by atoms with Gasteiger partial charge in [0.15, 0.2) is 5.69 Å². The Bertz CT molecular complexity index is 473. The van der Waals surface area contributed by atoms with Gasteiger partial charge in [-0.1, -0.05) is 27.7 Å². The van der Waals surface area contributed by atoms with E-state index in [2.05, 4.69) is 38.1 Å². The number of nitrogens with two attached hydrogens (primary N) is 1. The van der Waals surface area contributed by atoms with Gasteiger partial charge in [-0.25, -0.2) is 0 Å². The fraction of sp³-hybridized carbons (Fsp3) is 0.692. The Labute approximate surface area is 108 Å². The van der Waals surface area contributed by atoms with E-state index in [1.807, 2.05) is 6.92 Å². The fourth-order valence-electron chi connectivity index (χ4n) is 2.53. The van der Waals surface area contributed by atoms with E-state index >= 15 is 0 Å². The maximum Gasteiger partial charge on any atom is 0.274 e. The number of anilines is 1. The van der Waals surface area contributed by atoms with Crippen LogP contribution in [0.4, 0.5) is 5.69 Å². The van der Waals surface area contributed by atoms with Crippen molar-refractivity contribution in [3.8, 4) is 0 Å². The summed E-state index contributed by atoms with van der Waals surface area (Å²) in [4.78, 5) is 12.2. The van der Waals surface area contributed by atoms with Crippen LogP contribution in [0, 0.1) is 10.8 Å². The zero-order valence-electron chi connectivity index (χ0n) is 11.7. The van der Waals surface area contributed by atoms with E-state index in [0.717, 1.165) is 0 Å². The summed E-state index contributed by atoms with van der Waals surface area (Å²) in [6.07, 6.45) is 1.69. The van der Waals surface area contributed by atoms with Gasteiger partial charge in [0, 0.05) is 18.8 Å². The van der Waals surface area contributed by atoms with Crippen molar-refractivity contribution in [2.75, 3.05) is 5.73 Å². The highest BCUT2D eigenvalue weighted by Crippen LogP contribution is 2.62. The Balaban J connectivity index is 2.12. The lowest BCUT2D eigenvalue weighted by Gasteiger charge is -2.05. The van der Waals surface area contributed by atoms with Gasteiger partial charge in [-0.05, 0) is 17.8 Å². The molecule has 0 spiro atoms. The highest BCUT2D eigenvalue weighted by atomic mass is 16.2. The van der Waals surface area contributed by atoms with Gasteiger partial charge in [0.2, 0.25) is 0 Å². The molecule has 5 heteroatoms. The predicted molar refractivity (Wildman–Crippen MR) is 71.1 cm³/mol. The molecule has 100 valence electrons. The molecule has 1 heterocycles. The van der Waals surface area contributed by atoms with Gasteiger partial charge in [-0.3, -0.25) is 9.48 Å². The molecule has 0 unspecified atom stereocenters. The normalized spacial score (nSPS) is 20.7. The van der Waals surface area contributed by atoms with E-state index < -0.39 is 0 Å². The molecule has 0 bridgehead atoms. The summed E-state index contributed by atoms with van der Waals surface area (Å²) in [6, 6.07) is 0.170. The smallest absolute Gasteiger partial charge is 0.274 e. The molecule has 0 aliphatic heterocycles. The minimum absolute atomic E-state index is 0.116. The first-order chi connectivity index (χ1) is 8.21. The average Bonchev–Trinajstić information content (AvgIpc) is 2.64. The number of carbonyl (C=O) groups is 1. The lowest BCUT2D eigenvalue weighted by molar-refractivity contribution is 0.0938. The molecule has 1 aliphatic carbocycles. The Morgan fingerprint density at radius 2 is 2.00 bits per heavy atom. The van der Waals surface area contributed by atoms with Crippen molar-refractivity contribution in [3.05, 3.63) is 11.9 Å². The maximum atomic E-state index is 12.2. The van der Waals surface area contributed by atoms with Crippen LogP contribution in [-0.2, 0) is 6.54 Å². The van der Waals surface area contributed by atoms with E-state index in [1.165, 1.54) is 0 Å². The first-order valence-electron chi connectivity index (χ1n) is 6.35. The number of rotatable bonds is 3. The molecule has 2 rings (SSSR count). The molecule has 0 atom stereocenters. The Kier molecular flexibility index (Phi) is 2.68. The zero-order chi connectivity index (χ0) is 13.7. The first-order valence-corrected chi connectivity index (χ1v) is 6.35. The van der Waals surface area contributed by atoms with Gasteiger partial charge in [-0.2, -0.15) is 5.10 Å². The number of carbonyl (C=O) groups excluding carboxylic acids is 1. The summed E-state index contributed by atoms with van der Waals surface area (Å²) >= 11 is 0. The van der Waals surface area contributed by atoms with Crippen molar-refractivity contribution in [1.29, 1.82) is 0 Å². The van der Waals surface area contributed by atoms with E-state index in [9.17, 15) is 4.79 Å². The summed E-state index contributed by atoms with van der Waals surface area (Å²) in [7, 11) is 0. The van der Waals surface area contributed by atoms with Gasteiger partial charge in [0.1, 0.15) is 0 Å². The molecule has 5 nitrogen and oxygen atoms in total. The molecule has 0 radical (unpaired) electrons. The molecule has 1 amide bonds. The highest BCUT2D eigenvalue weighted by molar-refractivity contribution is 5.97. The Hall–Kier alpha value is -1.52. The van der Waals surface area contributed by atoms with Crippen LogP contribution >= 0.6 is 0 Å². The van der Waals surface area contributed by atoms with Crippen LogP contribution in [0.3, 0.4) is 0 Å². The number of amides is 1. The predicted octanol–water partition coefficient (Wildman–Crippen LogP) is 1.65. The Morgan fingerprint density at radius 3 is 2.39 bits per heavy atom. The summed E-state index contributed by atoms with van der Waals surface area (Å²) in [5.74, 6) is -0.177. The number of nitrogens with one attached hydrogen (secondary N) is 1. The molecule has 1 aromatic heterocycles. The standard InChI is InChI=1S/C13H22N4O/c1-6-17-7-8(14)9(16-17)10(18)15-11-12(2,3)13(11,4)5/h7,11H,6,14H2,1-5H3,(H,15,18). The third-order valence-corrected chi connectivity index (χ3v) is 4.63. The van der Waals surface area contributed by atoms with Gasteiger partial charge in [0.05, 0.1) is 5.69 Å². The molecule has 18 heavy (non-hydrogen) atoms. The Morgan fingerprint density at radius 1 is 1.44 bits per heavy atom. The molecule has 1 fully saturated rings. The number of aromatic nitrogens is 2. The number of hydrogen-bond donors (Lipinski definition) is 2. The third kappa shape index (κ3) is 1.69. The maximum absolute atomic E-state index is 12.2. The lowest BCUT2D eigenvalue weighted by Crippen LogP contribution is -2.30. The monoisotopic (exact) mass is 250 g/mol. The molecular weight excluding hydrogens is 228 g/mol. The summed E-state index contributed by atoms with van der Waals surface area (Å²) in [5, 5.41) is 7.22. The number of aryl methyl sites for hydroxylation is 1. The zero-order valence-corrected chi connectivity index (χ0v) is 11.7. The van der Waals surface area contributed by atoms with E-state index in [4.69, 9.17) is 5.73 Å². The summed E-state index contributed by atoms with van der Waals surface area (Å²) in [5.41, 5.74) is 6.80. The van der Waals surface area contributed by atoms with Crippen LogP contribution in [0.25, 0.3) is 0 Å². The third-order valence-electron chi connectivity index (χ3n) is 4.63. The molecule has 1 saturated carbocycles. The molecular formula is C13H22N4O. The van der Waals surface area contributed by atoms with E-state index in [0.29, 0.717) is 17.9 Å². The van der Waals surface area contributed by atoms with Gasteiger partial charge in [-0.15, -0.1) is 0 Å². The molecule has 0 aromatic carbocycles. The number of nitrogen functional groups attached to an aromatic ring is 1. The van der Waals surface area contributed by atoms with Crippen molar-refractivity contribution in [3.63, 3.8) is 0 Å². The van der Waals surface area contributed by atoms with Gasteiger partial charge < -0.3 is 11.1 Å². The molecule has 1 aliphatic rings. The molecule has 1 aromatic rings. The summed E-state index contributed by atoms with van der Waals surface area (Å²) < 4.78 is 1.67. The summed E-state index contributed by atoms with van der Waals surface area (Å²) in [6.45, 7) is 11.3. The van der Waals surface area contributed by atoms with Gasteiger partial charge in [0.25, 0.3) is 5.91 Å². The number of hydrogen-bond acceptors (Lipinski definition) is 3. The topological polar surface area (TPSA) is 72.9 Å². The fourth-order valence-corrected chi connectivity index (χ4v) is 2.53. The molecule has 0 saturated heterocycles. The second-order valence-corrected chi connectivity index (χ2v) is 6.14. The van der Waals surface area contributed by atoms with Gasteiger partial charge >= 0.3 is 0 Å². The van der Waals surface area contributed by atoms with Crippen LogP contribution in [-0.4, -0.2) is 21.7 Å². The highest BCUT2D eigenvalue weighted by Gasteiger charge is 2.65. The van der Waals surface area contributed by atoms with Crippen molar-refractivity contribution in [2.45, 2.75) is 47.2 Å². The minimum Gasteiger partial charge on any atom is -0.396 e. The van der Waals surface area contributed by atoms with Crippen LogP contribution in [0.15, 0.2) is 6.20 Å². The van der Waals surface area contributed by atoms with Crippen LogP contribution in [0.2, 0.25) is 0 Å².